The first kappa shape index (κ1) is 10.6. The molecule has 0 aliphatic carbocycles. The molecule has 2 heteroatoms. The molecule has 0 aliphatic heterocycles. The van der Waals surface area contributed by atoms with Crippen LogP contribution >= 0.6 is 0 Å². The van der Waals surface area contributed by atoms with E-state index in [1.807, 2.05) is 0 Å². The van der Waals surface area contributed by atoms with Crippen molar-refractivity contribution in [1.82, 2.24) is 0 Å². The van der Waals surface area contributed by atoms with Crippen molar-refractivity contribution < 1.29 is 0 Å². The Hall–Kier alpha value is 1.62. The number of unbranched alkanes of at least 4 members (excludes halogenated alkanes) is 1. The summed E-state index contributed by atoms with van der Waals surface area (Å²) in [7, 11) is 0. The molecule has 0 aromatic carbocycles. The molecule has 0 bridgehead atoms. The van der Waals surface area contributed by atoms with Gasteiger partial charge >= 0.3 is 71.2 Å². The molecule has 0 spiro atoms. The molecule has 0 atom stereocenters. The van der Waals surface area contributed by atoms with Gasteiger partial charge in [0.1, 0.15) is 0 Å². The van der Waals surface area contributed by atoms with Crippen LogP contribution in [0.5, 0.6) is 0 Å². The third kappa shape index (κ3) is 9.15. The summed E-state index contributed by atoms with van der Waals surface area (Å²) in [5.74, 6) is 0. The first-order valence-corrected chi connectivity index (χ1v) is 4.45. The topological polar surface area (TPSA) is 0 Å². The van der Waals surface area contributed by atoms with Crippen LogP contribution in [-0.4, -0.2) is 47.0 Å². The zero-order valence-electron chi connectivity index (χ0n) is 4.41. The summed E-state index contributed by atoms with van der Waals surface area (Å²) in [6.07, 6.45) is 2.82. The van der Waals surface area contributed by atoms with Crippen LogP contribution in [0.25, 0.3) is 0 Å². The van der Waals surface area contributed by atoms with E-state index in [9.17, 15) is 0 Å². The van der Waals surface area contributed by atoms with E-state index >= 15 is 0 Å². The van der Waals surface area contributed by atoms with Crippen LogP contribution in [0.1, 0.15) is 19.8 Å². The second kappa shape index (κ2) is 9.79. The summed E-state index contributed by atoms with van der Waals surface area (Å²) in [5, 5.41) is 0. The van der Waals surface area contributed by atoms with Crippen LogP contribution in [0, 0.1) is 0 Å². The van der Waals surface area contributed by atoms with E-state index in [4.69, 9.17) is 0 Å². The SMILES string of the molecule is CCC[CH2][SnH].[SbH3]. The van der Waals surface area contributed by atoms with Crippen molar-refractivity contribution in [2.75, 3.05) is 0 Å². The Bertz CT molecular complexity index is 15.0. The van der Waals surface area contributed by atoms with Crippen LogP contribution in [0.15, 0.2) is 0 Å². The van der Waals surface area contributed by atoms with Crippen molar-refractivity contribution in [3.63, 3.8) is 0 Å². The standard InChI is InChI=1S/C4H9.Sb.Sn.4H/c1-3-4-2;;;;;;/h1,3-4H2,2H3;;;;;;. The van der Waals surface area contributed by atoms with E-state index in [-0.39, 0.29) is 24.4 Å². The second-order valence-electron chi connectivity index (χ2n) is 1.14. The van der Waals surface area contributed by atoms with Gasteiger partial charge in [0.05, 0.1) is 0 Å². The molecular weight excluding hydrogens is 289 g/mol. The Balaban J connectivity index is 0. The van der Waals surface area contributed by atoms with Crippen molar-refractivity contribution in [3.05, 3.63) is 0 Å². The van der Waals surface area contributed by atoms with Gasteiger partial charge < -0.3 is 0 Å². The van der Waals surface area contributed by atoms with Gasteiger partial charge in [-0.25, -0.2) is 0 Å². The van der Waals surface area contributed by atoms with E-state index in [2.05, 4.69) is 6.92 Å². The van der Waals surface area contributed by atoms with Gasteiger partial charge in [0.25, 0.3) is 0 Å². The van der Waals surface area contributed by atoms with Crippen molar-refractivity contribution in [3.8, 4) is 0 Å². The predicted molar refractivity (Wildman–Crippen MR) is 36.8 cm³/mol. The molecule has 38 valence electrons. The molecular formula is C4H13SbSn. The van der Waals surface area contributed by atoms with E-state index in [1.165, 1.54) is 39.8 Å². The summed E-state index contributed by atoms with van der Waals surface area (Å²) < 4.78 is 1.47. The van der Waals surface area contributed by atoms with Crippen molar-refractivity contribution in [1.29, 1.82) is 0 Å². The zero-order valence-corrected chi connectivity index (χ0v) is 11.7. The molecule has 0 aromatic rings. The van der Waals surface area contributed by atoms with Gasteiger partial charge in [0, 0.05) is 0 Å². The van der Waals surface area contributed by atoms with Crippen LogP contribution < -0.4 is 0 Å². The Morgan fingerprint density at radius 3 is 2.00 bits per heavy atom. The fourth-order valence-electron chi connectivity index (χ4n) is 0.204. The molecule has 0 aliphatic rings. The molecule has 0 rings (SSSR count). The molecule has 0 nitrogen and oxygen atoms in total. The van der Waals surface area contributed by atoms with Gasteiger partial charge in [-0.1, -0.05) is 0 Å². The third-order valence-corrected chi connectivity index (χ3v) is 1.72. The Kier molecular flexibility index (Phi) is 17.3. The molecule has 0 aromatic heterocycles. The normalized spacial score (nSPS) is 7.00. The molecule has 0 saturated heterocycles. The molecule has 0 fully saturated rings. The van der Waals surface area contributed by atoms with E-state index < -0.39 is 0 Å². The minimum absolute atomic E-state index is 0. The molecule has 0 amide bonds. The van der Waals surface area contributed by atoms with E-state index in [0.29, 0.717) is 0 Å². The van der Waals surface area contributed by atoms with Gasteiger partial charge in [-0.2, -0.15) is 0 Å². The summed E-state index contributed by atoms with van der Waals surface area (Å²) in [6, 6.07) is 0. The fraction of sp³-hybridized carbons (Fsp3) is 1.00. The first-order valence-electron chi connectivity index (χ1n) is 2.12. The maximum absolute atomic E-state index is 2.23. The minimum atomic E-state index is 0. The Morgan fingerprint density at radius 2 is 2.00 bits per heavy atom. The third-order valence-electron chi connectivity index (χ3n) is 0.558. The maximum atomic E-state index is 2.23. The average molecular weight is 302 g/mol. The Morgan fingerprint density at radius 1 is 1.50 bits per heavy atom. The van der Waals surface area contributed by atoms with Gasteiger partial charge in [0.2, 0.25) is 0 Å². The monoisotopic (exact) mass is 302 g/mol. The van der Waals surface area contributed by atoms with Crippen LogP contribution in [0.3, 0.4) is 0 Å². The molecule has 0 heterocycles. The Labute approximate surface area is 70.6 Å². The number of rotatable bonds is 2. The summed E-state index contributed by atoms with van der Waals surface area (Å²) >= 11 is 1.45. The number of hydrogen-bond donors (Lipinski definition) is 0. The number of hydrogen-bond acceptors (Lipinski definition) is 0. The first-order chi connectivity index (χ1) is 2.41. The van der Waals surface area contributed by atoms with Crippen LogP contribution in [0.4, 0.5) is 0 Å². The van der Waals surface area contributed by atoms with E-state index in [0.717, 1.165) is 0 Å². The van der Waals surface area contributed by atoms with E-state index in [1.54, 1.807) is 0 Å². The molecule has 0 saturated carbocycles. The average Bonchev–Trinajstić information content (AvgIpc) is 1.41. The van der Waals surface area contributed by atoms with Gasteiger partial charge in [-0.05, 0) is 0 Å². The molecule has 6 heavy (non-hydrogen) atoms. The van der Waals surface area contributed by atoms with Crippen LogP contribution in [-0.2, 0) is 0 Å². The van der Waals surface area contributed by atoms with Gasteiger partial charge in [-0.3, -0.25) is 0 Å². The molecule has 2 radical (unpaired) electrons. The van der Waals surface area contributed by atoms with Gasteiger partial charge in [0.15, 0.2) is 0 Å². The van der Waals surface area contributed by atoms with Crippen LogP contribution in [0.2, 0.25) is 4.44 Å². The van der Waals surface area contributed by atoms with Crippen molar-refractivity contribution in [2.24, 2.45) is 0 Å². The molecule has 0 unspecified atom stereocenters. The predicted octanol–water partition coefficient (Wildman–Crippen LogP) is -0.0783. The summed E-state index contributed by atoms with van der Waals surface area (Å²) in [6.45, 7) is 2.23. The summed E-state index contributed by atoms with van der Waals surface area (Å²) in [5.41, 5.74) is 0. The zero-order chi connectivity index (χ0) is 4.12. The van der Waals surface area contributed by atoms with Crippen molar-refractivity contribution >= 4 is 47.0 Å². The van der Waals surface area contributed by atoms with Crippen molar-refractivity contribution in [2.45, 2.75) is 24.2 Å². The quantitative estimate of drug-likeness (QED) is 0.626. The summed E-state index contributed by atoms with van der Waals surface area (Å²) in [4.78, 5) is 0. The fourth-order valence-corrected chi connectivity index (χ4v) is 1.37. The second-order valence-corrected chi connectivity index (χ2v) is 2.79. The van der Waals surface area contributed by atoms with Gasteiger partial charge in [-0.15, -0.1) is 0 Å². The molecule has 0 N–H and O–H groups in total.